The lowest BCUT2D eigenvalue weighted by Crippen LogP contribution is -2.34. The van der Waals surface area contributed by atoms with Crippen molar-refractivity contribution in [3.05, 3.63) is 23.3 Å². The van der Waals surface area contributed by atoms with Gasteiger partial charge in [0.15, 0.2) is 6.79 Å². The predicted octanol–water partition coefficient (Wildman–Crippen LogP) is 4.72. The van der Waals surface area contributed by atoms with E-state index in [9.17, 15) is 0 Å². The number of terminal acetylenes is 1. The molecule has 1 aliphatic carbocycles. The molecule has 0 aromatic heterocycles. The highest BCUT2D eigenvalue weighted by Gasteiger charge is 2.39. The second-order valence-corrected chi connectivity index (χ2v) is 8.41. The van der Waals surface area contributed by atoms with Gasteiger partial charge in [-0.15, -0.1) is 6.42 Å². The maximum atomic E-state index is 6.01. The van der Waals surface area contributed by atoms with Crippen LogP contribution in [-0.2, 0) is 20.3 Å². The topological polar surface area (TPSA) is 27.7 Å². The predicted molar refractivity (Wildman–Crippen MR) is 99.7 cm³/mol. The van der Waals surface area contributed by atoms with E-state index in [0.717, 1.165) is 23.5 Å². The SMILES string of the molecule is C#CSc1cc(OCOCCOC)c2c(c1)C(C)(C)CCC2(C)C. The highest BCUT2D eigenvalue weighted by atomic mass is 32.2. The lowest BCUT2D eigenvalue weighted by molar-refractivity contribution is -0.00962. The van der Waals surface area contributed by atoms with Gasteiger partial charge in [0.1, 0.15) is 5.75 Å². The van der Waals surface area contributed by atoms with Crippen molar-refractivity contribution < 1.29 is 14.2 Å². The van der Waals surface area contributed by atoms with Crippen molar-refractivity contribution in [2.75, 3.05) is 27.1 Å². The van der Waals surface area contributed by atoms with Gasteiger partial charge in [-0.1, -0.05) is 27.7 Å². The number of thioether (sulfide) groups is 1. The maximum absolute atomic E-state index is 6.01. The third-order valence-corrected chi connectivity index (χ3v) is 5.35. The Bertz CT molecular complexity index is 614. The van der Waals surface area contributed by atoms with E-state index in [2.05, 4.69) is 39.0 Å². The van der Waals surface area contributed by atoms with Crippen molar-refractivity contribution in [3.63, 3.8) is 0 Å². The quantitative estimate of drug-likeness (QED) is 0.308. The maximum Gasteiger partial charge on any atom is 0.189 e. The fourth-order valence-electron chi connectivity index (χ4n) is 3.25. The molecule has 0 amide bonds. The summed E-state index contributed by atoms with van der Waals surface area (Å²) in [6, 6.07) is 4.28. The Labute approximate surface area is 150 Å². The second kappa shape index (κ2) is 7.82. The van der Waals surface area contributed by atoms with E-state index in [4.69, 9.17) is 20.6 Å². The molecule has 0 radical (unpaired) electrons. The number of fused-ring (bicyclic) bond motifs is 1. The van der Waals surface area contributed by atoms with Crippen LogP contribution in [0.1, 0.15) is 51.7 Å². The van der Waals surface area contributed by atoms with Gasteiger partial charge >= 0.3 is 0 Å². The lowest BCUT2D eigenvalue weighted by atomic mass is 9.63. The summed E-state index contributed by atoms with van der Waals surface area (Å²) in [7, 11) is 1.66. The Morgan fingerprint density at radius 1 is 1.12 bits per heavy atom. The molecule has 1 aliphatic rings. The van der Waals surface area contributed by atoms with Gasteiger partial charge in [0.05, 0.1) is 13.2 Å². The normalized spacial score (nSPS) is 17.8. The van der Waals surface area contributed by atoms with Crippen LogP contribution < -0.4 is 4.74 Å². The second-order valence-electron chi connectivity index (χ2n) is 7.49. The summed E-state index contributed by atoms with van der Waals surface area (Å²) < 4.78 is 16.5. The summed E-state index contributed by atoms with van der Waals surface area (Å²) >= 11 is 1.40. The van der Waals surface area contributed by atoms with Crippen LogP contribution in [0, 0.1) is 11.7 Å². The molecule has 0 heterocycles. The first-order valence-corrected chi connectivity index (χ1v) is 9.14. The Balaban J connectivity index is 2.37. The van der Waals surface area contributed by atoms with Crippen LogP contribution in [0.2, 0.25) is 0 Å². The van der Waals surface area contributed by atoms with Crippen molar-refractivity contribution in [1.82, 2.24) is 0 Å². The number of hydrogen-bond acceptors (Lipinski definition) is 4. The molecule has 0 atom stereocenters. The molecule has 0 fully saturated rings. The van der Waals surface area contributed by atoms with Crippen LogP contribution in [0.4, 0.5) is 0 Å². The average molecular weight is 349 g/mol. The van der Waals surface area contributed by atoms with Crippen molar-refractivity contribution in [3.8, 4) is 17.4 Å². The summed E-state index contributed by atoms with van der Waals surface area (Å²) in [4.78, 5) is 1.05. The first kappa shape index (κ1) is 19.2. The van der Waals surface area contributed by atoms with Gasteiger partial charge in [-0.2, -0.15) is 0 Å². The van der Waals surface area contributed by atoms with Gasteiger partial charge in [0.25, 0.3) is 0 Å². The minimum atomic E-state index is 0.0755. The highest BCUT2D eigenvalue weighted by Crippen LogP contribution is 2.50. The Morgan fingerprint density at radius 3 is 2.50 bits per heavy atom. The zero-order valence-electron chi connectivity index (χ0n) is 15.4. The first-order valence-electron chi connectivity index (χ1n) is 8.33. The van der Waals surface area contributed by atoms with Crippen molar-refractivity contribution in [2.24, 2.45) is 0 Å². The zero-order chi connectivity index (χ0) is 17.8. The van der Waals surface area contributed by atoms with Crippen LogP contribution in [0.5, 0.6) is 5.75 Å². The van der Waals surface area contributed by atoms with E-state index in [1.54, 1.807) is 7.11 Å². The van der Waals surface area contributed by atoms with Gasteiger partial charge < -0.3 is 14.2 Å². The molecule has 0 bridgehead atoms. The smallest absolute Gasteiger partial charge is 0.189 e. The molecule has 0 spiro atoms. The fraction of sp³-hybridized carbons (Fsp3) is 0.600. The molecule has 1 aromatic rings. The molecule has 132 valence electrons. The summed E-state index contributed by atoms with van der Waals surface area (Å²) in [6.45, 7) is 10.5. The van der Waals surface area contributed by atoms with E-state index < -0.39 is 0 Å². The molecule has 4 heteroatoms. The molecular formula is C20H28O3S. The lowest BCUT2D eigenvalue weighted by Gasteiger charge is -2.42. The Kier molecular flexibility index (Phi) is 6.25. The molecular weight excluding hydrogens is 320 g/mol. The molecule has 0 saturated heterocycles. The monoisotopic (exact) mass is 348 g/mol. The van der Waals surface area contributed by atoms with E-state index in [-0.39, 0.29) is 17.6 Å². The number of rotatable bonds is 7. The molecule has 0 N–H and O–H groups in total. The van der Waals surface area contributed by atoms with Crippen LogP contribution in [0.3, 0.4) is 0 Å². The molecule has 3 nitrogen and oxygen atoms in total. The summed E-state index contributed by atoms with van der Waals surface area (Å²) in [6.07, 6.45) is 7.78. The summed E-state index contributed by atoms with van der Waals surface area (Å²) in [5.41, 5.74) is 2.82. The van der Waals surface area contributed by atoms with E-state index in [1.165, 1.54) is 22.9 Å². The standard InChI is InChI=1S/C20H28O3S/c1-7-24-15-12-16-18(20(4,5)9-8-19(16,2)3)17(13-15)23-14-22-11-10-21-6/h1,12-13H,8-11,14H2,2-6H3. The van der Waals surface area contributed by atoms with E-state index >= 15 is 0 Å². The highest BCUT2D eigenvalue weighted by molar-refractivity contribution is 8.03. The van der Waals surface area contributed by atoms with Crippen molar-refractivity contribution >= 4 is 11.8 Å². The number of benzene rings is 1. The van der Waals surface area contributed by atoms with E-state index in [0.29, 0.717) is 13.2 Å². The van der Waals surface area contributed by atoms with Gasteiger partial charge in [0, 0.05) is 17.6 Å². The van der Waals surface area contributed by atoms with Gasteiger partial charge in [-0.25, -0.2) is 0 Å². The Hall–Kier alpha value is -1.15. The van der Waals surface area contributed by atoms with Gasteiger partial charge in [-0.3, -0.25) is 0 Å². The minimum absolute atomic E-state index is 0.0755. The molecule has 24 heavy (non-hydrogen) atoms. The fourth-order valence-corrected chi connectivity index (χ4v) is 3.73. The van der Waals surface area contributed by atoms with Gasteiger partial charge in [0.2, 0.25) is 0 Å². The van der Waals surface area contributed by atoms with Crippen LogP contribution >= 0.6 is 11.8 Å². The van der Waals surface area contributed by atoms with Crippen molar-refractivity contribution in [2.45, 2.75) is 56.3 Å². The minimum Gasteiger partial charge on any atom is -0.467 e. The Morgan fingerprint density at radius 2 is 1.83 bits per heavy atom. The largest absolute Gasteiger partial charge is 0.467 e. The van der Waals surface area contributed by atoms with E-state index in [1.807, 2.05) is 6.07 Å². The molecule has 2 rings (SSSR count). The third-order valence-electron chi connectivity index (χ3n) is 4.76. The molecule has 1 aromatic carbocycles. The summed E-state index contributed by atoms with van der Waals surface area (Å²) in [5, 5.41) is 2.66. The molecule has 0 aliphatic heterocycles. The van der Waals surface area contributed by atoms with Crippen molar-refractivity contribution in [1.29, 1.82) is 0 Å². The third kappa shape index (κ3) is 4.27. The zero-order valence-corrected chi connectivity index (χ0v) is 16.2. The van der Waals surface area contributed by atoms with Gasteiger partial charge in [-0.05, 0) is 58.4 Å². The number of ether oxygens (including phenoxy) is 3. The number of hydrogen-bond donors (Lipinski definition) is 0. The molecule has 0 unspecified atom stereocenters. The van der Waals surface area contributed by atoms with Crippen LogP contribution in [0.25, 0.3) is 0 Å². The average Bonchev–Trinajstić information content (AvgIpc) is 2.52. The van der Waals surface area contributed by atoms with Crippen LogP contribution in [0.15, 0.2) is 17.0 Å². The first-order chi connectivity index (χ1) is 11.3. The summed E-state index contributed by atoms with van der Waals surface area (Å²) in [5.74, 6) is 0.889. The molecule has 0 saturated carbocycles. The number of methoxy groups -OCH3 is 1. The van der Waals surface area contributed by atoms with Crippen LogP contribution in [-0.4, -0.2) is 27.1 Å².